The summed E-state index contributed by atoms with van der Waals surface area (Å²) in [6.07, 6.45) is -52.9. The quantitative estimate of drug-likeness (QED) is 0.0499. The number of fused-ring (bicyclic) bond motifs is 1. The van der Waals surface area contributed by atoms with Gasteiger partial charge in [0.05, 0.1) is 49.9 Å². The average molecular weight is 1200 g/mol. The molecule has 8 aromatic rings. The van der Waals surface area contributed by atoms with Crippen LogP contribution in [0.4, 0.5) is 105 Å². The van der Waals surface area contributed by atoms with E-state index in [1.54, 1.807) is 12.1 Å². The number of halogens is 24. The molecule has 0 amide bonds. The summed E-state index contributed by atoms with van der Waals surface area (Å²) in [5.41, 5.74) is -28.5. The molecule has 1 heterocycles. The highest BCUT2D eigenvalue weighted by molar-refractivity contribution is 7.20. The van der Waals surface area contributed by atoms with Crippen molar-refractivity contribution in [3.8, 4) is 5.75 Å². The van der Waals surface area contributed by atoms with E-state index in [0.29, 0.717) is 18.0 Å². The molecule has 438 valence electrons. The zero-order valence-corrected chi connectivity index (χ0v) is 40.8. The highest BCUT2D eigenvalue weighted by atomic mass is 19.4. The molecule has 8 rings (SSSR count). The molecule has 28 heteroatoms. The Labute approximate surface area is 450 Å². The first-order valence-corrected chi connectivity index (χ1v) is 23.2. The number of aromatic nitrogens is 1. The van der Waals surface area contributed by atoms with E-state index >= 15 is 0 Å². The first kappa shape index (κ1) is 62.4. The van der Waals surface area contributed by atoms with Gasteiger partial charge in [0, 0.05) is 11.6 Å². The first-order chi connectivity index (χ1) is 38.1. The van der Waals surface area contributed by atoms with Crippen molar-refractivity contribution in [3.63, 3.8) is 0 Å². The average Bonchev–Trinajstić information content (AvgIpc) is 0.920. The standard InChI is InChI=1S/C32H12BF24.C23H18NO2/c34-25(35,36)13-1-14(26(37,38)39)6-21(5-13)33(22-7-15(27(40,41)42)2-16(8-22)28(43,44)45,23-9-17(29(46,47)48)3-18(10-23)30(49,50)51)24-11-19(31(52,53)54)4-20(12-24)32(55,56)57;25-23(26-20-12-5-2-6-13-20)22-21-14-8-7-11-19(21)15-16-24(22)17-18-9-3-1-4-10-18/h1-12H;1-16H,17H2/q-1;+1. The van der Waals surface area contributed by atoms with Gasteiger partial charge in [0.2, 0.25) is 0 Å². The molecule has 0 bridgehead atoms. The normalized spacial score (nSPS) is 13.2. The number of benzene rings is 7. The fraction of sp³-hybridized carbons (Fsp3) is 0.164. The third-order valence-corrected chi connectivity index (χ3v) is 12.7. The van der Waals surface area contributed by atoms with Crippen molar-refractivity contribution in [2.24, 2.45) is 0 Å². The van der Waals surface area contributed by atoms with Crippen molar-refractivity contribution in [2.75, 3.05) is 0 Å². The molecule has 0 aliphatic carbocycles. The number of carbonyl (C=O) groups excluding carboxylic acids is 1. The second-order valence-corrected chi connectivity index (χ2v) is 18.3. The van der Waals surface area contributed by atoms with Crippen LogP contribution in [-0.4, -0.2) is 12.1 Å². The van der Waals surface area contributed by atoms with Crippen LogP contribution in [0.25, 0.3) is 10.8 Å². The molecule has 0 aliphatic rings. The Morgan fingerprint density at radius 3 is 0.928 bits per heavy atom. The van der Waals surface area contributed by atoms with Gasteiger partial charge in [-0.1, -0.05) is 115 Å². The van der Waals surface area contributed by atoms with Crippen LogP contribution in [0.5, 0.6) is 5.75 Å². The maximum absolute atomic E-state index is 14.2. The molecule has 0 spiro atoms. The minimum absolute atomic E-state index is 0.357. The highest BCUT2D eigenvalue weighted by Gasteiger charge is 2.47. The van der Waals surface area contributed by atoms with E-state index in [0.717, 1.165) is 16.3 Å². The minimum Gasteiger partial charge on any atom is -0.419 e. The third kappa shape index (κ3) is 14.2. The number of esters is 1. The van der Waals surface area contributed by atoms with Crippen LogP contribution in [-0.2, 0) is 56.0 Å². The van der Waals surface area contributed by atoms with Gasteiger partial charge in [0.15, 0.2) is 12.7 Å². The highest BCUT2D eigenvalue weighted by Crippen LogP contribution is 2.41. The smallest absolute Gasteiger partial charge is 0.416 e. The molecular formula is C55H30BF24NO2. The molecule has 0 fully saturated rings. The number of carbonyl (C=O) groups is 1. The predicted molar refractivity (Wildman–Crippen MR) is 251 cm³/mol. The number of alkyl halides is 24. The topological polar surface area (TPSA) is 30.2 Å². The van der Waals surface area contributed by atoms with E-state index in [1.165, 1.54) is 0 Å². The number of nitrogens with zero attached hydrogens (tertiary/aromatic N) is 1. The number of rotatable bonds is 8. The zero-order chi connectivity index (χ0) is 61.7. The summed E-state index contributed by atoms with van der Waals surface area (Å²) < 4.78 is 348. The summed E-state index contributed by atoms with van der Waals surface area (Å²) in [4.78, 5) is 13.0. The van der Waals surface area contributed by atoms with Gasteiger partial charge < -0.3 is 4.74 Å². The summed E-state index contributed by atoms with van der Waals surface area (Å²) in [5, 5.41) is 1.89. The zero-order valence-electron chi connectivity index (χ0n) is 40.8. The van der Waals surface area contributed by atoms with Crippen LogP contribution < -0.4 is 31.2 Å². The Hall–Kier alpha value is -8.20. The number of hydrogen-bond acceptors (Lipinski definition) is 2. The van der Waals surface area contributed by atoms with Gasteiger partial charge in [-0.2, -0.15) is 132 Å². The largest absolute Gasteiger partial charge is 0.419 e. The van der Waals surface area contributed by atoms with Crippen molar-refractivity contribution < 1.29 is 119 Å². The number of ether oxygens (including phenoxy) is 1. The van der Waals surface area contributed by atoms with Gasteiger partial charge >= 0.3 is 55.4 Å². The van der Waals surface area contributed by atoms with Gasteiger partial charge in [-0.05, 0) is 47.9 Å². The number of pyridine rings is 1. The van der Waals surface area contributed by atoms with Crippen LogP contribution in [0.15, 0.2) is 170 Å². The second-order valence-electron chi connectivity index (χ2n) is 18.3. The lowest BCUT2D eigenvalue weighted by molar-refractivity contribution is -0.689. The van der Waals surface area contributed by atoms with Crippen LogP contribution in [0, 0.1) is 0 Å². The fourth-order valence-electron chi connectivity index (χ4n) is 9.11. The second kappa shape index (κ2) is 22.2. The van der Waals surface area contributed by atoms with Gasteiger partial charge in [0.25, 0.3) is 5.69 Å². The van der Waals surface area contributed by atoms with E-state index in [-0.39, 0.29) is 5.97 Å². The van der Waals surface area contributed by atoms with Crippen molar-refractivity contribution >= 4 is 44.7 Å². The minimum atomic E-state index is -6.13. The summed E-state index contributed by atoms with van der Waals surface area (Å²) >= 11 is 0. The first-order valence-electron chi connectivity index (χ1n) is 23.2. The van der Waals surface area contributed by atoms with Crippen molar-refractivity contribution in [1.29, 1.82) is 0 Å². The Morgan fingerprint density at radius 2 is 0.627 bits per heavy atom. The molecule has 3 nitrogen and oxygen atoms in total. The van der Waals surface area contributed by atoms with Crippen LogP contribution in [0.2, 0.25) is 0 Å². The molecule has 7 aromatic carbocycles. The van der Waals surface area contributed by atoms with E-state index < -0.39 is 195 Å². The van der Waals surface area contributed by atoms with Crippen LogP contribution in [0.1, 0.15) is 60.6 Å². The maximum atomic E-state index is 14.2. The molecule has 83 heavy (non-hydrogen) atoms. The van der Waals surface area contributed by atoms with Crippen molar-refractivity contribution in [1.82, 2.24) is 0 Å². The van der Waals surface area contributed by atoms with Crippen LogP contribution in [0.3, 0.4) is 0 Å². The maximum Gasteiger partial charge on any atom is 0.416 e. The number of para-hydroxylation sites is 1. The molecule has 1 aromatic heterocycles. The molecule has 0 aliphatic heterocycles. The molecule has 0 unspecified atom stereocenters. The summed E-state index contributed by atoms with van der Waals surface area (Å²) in [6, 6.07) is 20.3. The lowest BCUT2D eigenvalue weighted by Crippen LogP contribution is -2.75. The van der Waals surface area contributed by atoms with Gasteiger partial charge in [-0.15, -0.1) is 0 Å². The van der Waals surface area contributed by atoms with Crippen molar-refractivity contribution in [2.45, 2.75) is 56.0 Å². The fourth-order valence-corrected chi connectivity index (χ4v) is 9.11. The predicted octanol–water partition coefficient (Wildman–Crippen LogP) is 15.6. The Bertz CT molecular complexity index is 3210. The van der Waals surface area contributed by atoms with E-state index in [2.05, 4.69) is 12.1 Å². The Balaban J connectivity index is 0.000000313. The Morgan fingerprint density at radius 1 is 0.349 bits per heavy atom. The SMILES string of the molecule is FC(F)(F)c1cc([B-](c2cc(C(F)(F)F)cc(C(F)(F)F)c2)(c2cc(C(F)(F)F)cc(C(F)(F)F)c2)c2cc(C(F)(F)F)cc(C(F)(F)F)c2)cc(C(F)(F)F)c1.O=C(Oc1ccccc1)c1c2ccccc2cc[n+]1Cc1ccccc1. The number of hydrogen-bond donors (Lipinski definition) is 0. The van der Waals surface area contributed by atoms with E-state index in [9.17, 15) is 110 Å². The third-order valence-electron chi connectivity index (χ3n) is 12.7. The lowest BCUT2D eigenvalue weighted by atomic mass is 9.12. The van der Waals surface area contributed by atoms with Gasteiger partial charge in [-0.3, -0.25) is 0 Å². The van der Waals surface area contributed by atoms with Gasteiger partial charge in [-0.25, -0.2) is 4.79 Å². The van der Waals surface area contributed by atoms with Gasteiger partial charge in [0.1, 0.15) is 11.9 Å². The van der Waals surface area contributed by atoms with Crippen molar-refractivity contribution in [3.05, 3.63) is 226 Å². The summed E-state index contributed by atoms with van der Waals surface area (Å²) in [7, 11) is 0. The monoisotopic (exact) mass is 1200 g/mol. The molecular weight excluding hydrogens is 1170 g/mol. The summed E-state index contributed by atoms with van der Waals surface area (Å²) in [6.45, 7) is 0.602. The molecule has 0 saturated heterocycles. The van der Waals surface area contributed by atoms with E-state index in [1.807, 2.05) is 77.5 Å². The molecule has 0 saturated carbocycles. The lowest BCUT2D eigenvalue weighted by Gasteiger charge is -2.46. The van der Waals surface area contributed by atoms with Crippen LogP contribution >= 0.6 is 0 Å². The van der Waals surface area contributed by atoms with E-state index in [4.69, 9.17) is 4.74 Å². The molecule has 0 atom stereocenters. The Kier molecular flexibility index (Phi) is 16.7. The molecule has 0 N–H and O–H groups in total. The molecule has 0 radical (unpaired) electrons. The summed E-state index contributed by atoms with van der Waals surface area (Å²) in [5.74, 6) is 0.181.